The quantitative estimate of drug-likeness (QED) is 0.861. The van der Waals surface area contributed by atoms with E-state index >= 15 is 0 Å². The topological polar surface area (TPSA) is 43.1 Å². The summed E-state index contributed by atoms with van der Waals surface area (Å²) < 4.78 is 13.3. The van der Waals surface area contributed by atoms with E-state index in [1.54, 1.807) is 0 Å². The van der Waals surface area contributed by atoms with E-state index in [1.807, 2.05) is 43.3 Å². The number of halogens is 1. The van der Waals surface area contributed by atoms with Gasteiger partial charge >= 0.3 is 0 Å². The van der Waals surface area contributed by atoms with Gasteiger partial charge in [0.2, 0.25) is 0 Å². The highest BCUT2D eigenvalue weighted by Crippen LogP contribution is 2.23. The average molecular weight is 338 g/mol. The molecule has 2 rings (SSSR count). The molecule has 0 spiro atoms. The summed E-state index contributed by atoms with van der Waals surface area (Å²) >= 11 is 3.46. The molecule has 0 heterocycles. The summed E-state index contributed by atoms with van der Waals surface area (Å²) in [5.41, 5.74) is 9.79. The lowest BCUT2D eigenvalue weighted by Crippen LogP contribution is -1.99. The molecule has 0 amide bonds. The Hall–Kier alpha value is -1.13. The molecule has 0 aliphatic heterocycles. The summed E-state index contributed by atoms with van der Waals surface area (Å²) in [7, 11) is -1.04. The van der Waals surface area contributed by atoms with Crippen LogP contribution in [0.15, 0.2) is 45.8 Å². The zero-order valence-electron chi connectivity index (χ0n) is 10.9. The molecule has 0 aromatic heterocycles. The van der Waals surface area contributed by atoms with Crippen molar-refractivity contribution in [1.29, 1.82) is 0 Å². The van der Waals surface area contributed by atoms with Crippen molar-refractivity contribution in [3.8, 4) is 0 Å². The second-order valence-corrected chi connectivity index (χ2v) is 6.89. The minimum absolute atomic E-state index is 0.489. The molecule has 0 saturated carbocycles. The van der Waals surface area contributed by atoms with E-state index in [0.29, 0.717) is 11.4 Å². The van der Waals surface area contributed by atoms with Crippen LogP contribution >= 0.6 is 15.9 Å². The first-order chi connectivity index (χ1) is 8.97. The van der Waals surface area contributed by atoms with Crippen molar-refractivity contribution in [3.05, 3.63) is 57.6 Å². The van der Waals surface area contributed by atoms with Gasteiger partial charge in [0.05, 0.1) is 16.6 Å². The summed E-state index contributed by atoms with van der Waals surface area (Å²) in [6, 6.07) is 11.5. The molecular weight excluding hydrogens is 322 g/mol. The number of nitrogen functional groups attached to an aromatic ring is 1. The average Bonchev–Trinajstić information content (AvgIpc) is 2.36. The fourth-order valence-electron chi connectivity index (χ4n) is 1.76. The highest BCUT2D eigenvalue weighted by atomic mass is 79.9. The Labute approximate surface area is 124 Å². The molecule has 1 unspecified atom stereocenters. The third kappa shape index (κ3) is 3.45. The molecule has 0 saturated heterocycles. The number of hydrogen-bond acceptors (Lipinski definition) is 2. The smallest absolute Gasteiger partial charge is 0.0574 e. The van der Waals surface area contributed by atoms with Crippen LogP contribution in [0.1, 0.15) is 16.7 Å². The van der Waals surface area contributed by atoms with Crippen LogP contribution < -0.4 is 5.73 Å². The molecule has 0 aliphatic rings. The Morgan fingerprint density at radius 1 is 1.11 bits per heavy atom. The van der Waals surface area contributed by atoms with E-state index in [0.717, 1.165) is 14.9 Å². The molecule has 4 heteroatoms. The molecular formula is C15H16BrNOS. The van der Waals surface area contributed by atoms with Gasteiger partial charge in [0.25, 0.3) is 0 Å². The lowest BCUT2D eigenvalue weighted by molar-refractivity contribution is 0.682. The molecule has 0 aliphatic carbocycles. The summed E-state index contributed by atoms with van der Waals surface area (Å²) in [6.45, 7) is 4.09. The van der Waals surface area contributed by atoms with Gasteiger partial charge < -0.3 is 5.73 Å². The Morgan fingerprint density at radius 3 is 2.47 bits per heavy atom. The van der Waals surface area contributed by atoms with E-state index in [1.165, 1.54) is 11.1 Å². The number of nitrogens with two attached hydrogens (primary N) is 1. The molecule has 2 N–H and O–H groups in total. The molecule has 2 nitrogen and oxygen atoms in total. The van der Waals surface area contributed by atoms with Gasteiger partial charge in [-0.15, -0.1) is 0 Å². The predicted octanol–water partition coefficient (Wildman–Crippen LogP) is 3.96. The highest BCUT2D eigenvalue weighted by molar-refractivity contribution is 9.10. The Morgan fingerprint density at radius 2 is 1.84 bits per heavy atom. The monoisotopic (exact) mass is 337 g/mol. The fourth-order valence-corrected chi connectivity index (χ4v) is 3.71. The van der Waals surface area contributed by atoms with Gasteiger partial charge in [0, 0.05) is 15.1 Å². The standard InChI is InChI=1S/C15H16BrNOS/c1-10-3-6-14(7-11(10)2)19(18)9-12-4-5-13(17)8-15(12)16/h3-8H,9,17H2,1-2H3. The van der Waals surface area contributed by atoms with E-state index in [-0.39, 0.29) is 0 Å². The second kappa shape index (κ2) is 5.88. The maximum absolute atomic E-state index is 12.4. The second-order valence-electron chi connectivity index (χ2n) is 4.59. The third-order valence-corrected chi connectivity index (χ3v) is 5.20. The first kappa shape index (κ1) is 14.3. The van der Waals surface area contributed by atoms with Crippen LogP contribution in [0, 0.1) is 13.8 Å². The van der Waals surface area contributed by atoms with Crippen molar-refractivity contribution >= 4 is 32.4 Å². The largest absolute Gasteiger partial charge is 0.399 e. The summed E-state index contributed by atoms with van der Waals surface area (Å²) in [6.07, 6.45) is 0. The van der Waals surface area contributed by atoms with Gasteiger partial charge in [-0.3, -0.25) is 4.21 Å². The Kier molecular flexibility index (Phi) is 4.42. The summed E-state index contributed by atoms with van der Waals surface area (Å²) in [4.78, 5) is 0.867. The molecule has 2 aromatic rings. The normalized spacial score (nSPS) is 12.4. The molecule has 19 heavy (non-hydrogen) atoms. The summed E-state index contributed by atoms with van der Waals surface area (Å²) in [5, 5.41) is 0. The molecule has 1 atom stereocenters. The third-order valence-electron chi connectivity index (χ3n) is 3.10. The molecule has 2 aromatic carbocycles. The molecule has 100 valence electrons. The first-order valence-corrected chi connectivity index (χ1v) is 8.08. The van der Waals surface area contributed by atoms with Crippen molar-refractivity contribution in [2.24, 2.45) is 0 Å². The van der Waals surface area contributed by atoms with Gasteiger partial charge in [-0.05, 0) is 54.8 Å². The van der Waals surface area contributed by atoms with Gasteiger partial charge in [-0.25, -0.2) is 0 Å². The molecule has 0 bridgehead atoms. The van der Waals surface area contributed by atoms with Gasteiger partial charge in [-0.2, -0.15) is 0 Å². The van der Waals surface area contributed by atoms with Crippen molar-refractivity contribution < 1.29 is 4.21 Å². The minimum atomic E-state index is -1.04. The highest BCUT2D eigenvalue weighted by Gasteiger charge is 2.09. The first-order valence-electron chi connectivity index (χ1n) is 5.97. The van der Waals surface area contributed by atoms with Crippen LogP contribution in [0.25, 0.3) is 0 Å². The SMILES string of the molecule is Cc1ccc(S(=O)Cc2ccc(N)cc2Br)cc1C. The van der Waals surface area contributed by atoms with E-state index in [4.69, 9.17) is 5.73 Å². The maximum atomic E-state index is 12.4. The van der Waals surface area contributed by atoms with E-state index in [2.05, 4.69) is 22.9 Å². The van der Waals surface area contributed by atoms with Crippen LogP contribution in [0.5, 0.6) is 0 Å². The number of aryl methyl sites for hydroxylation is 2. The van der Waals surface area contributed by atoms with Crippen LogP contribution in [0.3, 0.4) is 0 Å². The predicted molar refractivity (Wildman–Crippen MR) is 84.6 cm³/mol. The summed E-state index contributed by atoms with van der Waals surface area (Å²) in [5.74, 6) is 0.489. The van der Waals surface area contributed by atoms with Gasteiger partial charge in [0.15, 0.2) is 0 Å². The number of rotatable bonds is 3. The van der Waals surface area contributed by atoms with Crippen molar-refractivity contribution in [3.63, 3.8) is 0 Å². The Balaban J connectivity index is 2.23. The van der Waals surface area contributed by atoms with Gasteiger partial charge in [0.1, 0.15) is 0 Å². The van der Waals surface area contributed by atoms with Crippen LogP contribution in [0.2, 0.25) is 0 Å². The Bertz CT molecular complexity index is 640. The minimum Gasteiger partial charge on any atom is -0.399 e. The van der Waals surface area contributed by atoms with Crippen LogP contribution in [0.4, 0.5) is 5.69 Å². The van der Waals surface area contributed by atoms with Crippen LogP contribution in [-0.4, -0.2) is 4.21 Å². The lowest BCUT2D eigenvalue weighted by atomic mass is 10.1. The number of anilines is 1. The van der Waals surface area contributed by atoms with E-state index < -0.39 is 10.8 Å². The lowest BCUT2D eigenvalue weighted by Gasteiger charge is -2.08. The number of benzene rings is 2. The fraction of sp³-hybridized carbons (Fsp3) is 0.200. The zero-order chi connectivity index (χ0) is 14.0. The van der Waals surface area contributed by atoms with Crippen molar-refractivity contribution in [2.45, 2.75) is 24.5 Å². The van der Waals surface area contributed by atoms with E-state index in [9.17, 15) is 4.21 Å². The van der Waals surface area contributed by atoms with Crippen molar-refractivity contribution in [1.82, 2.24) is 0 Å². The maximum Gasteiger partial charge on any atom is 0.0574 e. The number of hydrogen-bond donors (Lipinski definition) is 1. The molecule has 0 fully saturated rings. The van der Waals surface area contributed by atoms with Gasteiger partial charge in [-0.1, -0.05) is 28.1 Å². The van der Waals surface area contributed by atoms with Crippen LogP contribution in [-0.2, 0) is 16.6 Å². The zero-order valence-corrected chi connectivity index (χ0v) is 13.3. The molecule has 0 radical (unpaired) electrons. The van der Waals surface area contributed by atoms with Crippen molar-refractivity contribution in [2.75, 3.05) is 5.73 Å².